The molecule has 3 aromatic rings. The average molecular weight is 321 g/mol. The summed E-state index contributed by atoms with van der Waals surface area (Å²) in [5.41, 5.74) is 0.842. The van der Waals surface area contributed by atoms with E-state index in [0.29, 0.717) is 19.0 Å². The molecule has 0 bridgehead atoms. The van der Waals surface area contributed by atoms with Gasteiger partial charge in [0.15, 0.2) is 0 Å². The maximum Gasteiger partial charge on any atom is 0.225 e. The Balaban J connectivity index is 0.00000176. The number of benzene rings is 1. The minimum atomic E-state index is 0. The normalized spacial score (nSPS) is 10.2. The van der Waals surface area contributed by atoms with E-state index in [-0.39, 0.29) is 19.0 Å². The number of aromatic nitrogens is 2. The maximum atomic E-state index is 8.89. The van der Waals surface area contributed by atoms with E-state index < -0.39 is 0 Å². The van der Waals surface area contributed by atoms with Gasteiger partial charge in [0.1, 0.15) is 11.6 Å². The molecule has 0 aliphatic heterocycles. The molecule has 0 fully saturated rings. The number of para-hydroxylation sites is 1. The highest BCUT2D eigenvalue weighted by molar-refractivity contribution is 5.89. The largest absolute Gasteiger partial charge is 0.467 e. The third kappa shape index (κ3) is 3.66. The van der Waals surface area contributed by atoms with Gasteiger partial charge in [-0.15, -0.1) is 12.4 Å². The molecular formula is C15H17ClN4O2. The van der Waals surface area contributed by atoms with E-state index in [9.17, 15) is 0 Å². The van der Waals surface area contributed by atoms with Crippen LogP contribution in [0.15, 0.2) is 47.1 Å². The monoisotopic (exact) mass is 320 g/mol. The molecule has 22 heavy (non-hydrogen) atoms. The summed E-state index contributed by atoms with van der Waals surface area (Å²) in [5.74, 6) is 2.06. The molecular weight excluding hydrogens is 304 g/mol. The van der Waals surface area contributed by atoms with E-state index >= 15 is 0 Å². The fourth-order valence-electron chi connectivity index (χ4n) is 2.04. The Morgan fingerprint density at radius 3 is 2.68 bits per heavy atom. The van der Waals surface area contributed by atoms with Crippen molar-refractivity contribution >= 4 is 35.1 Å². The summed E-state index contributed by atoms with van der Waals surface area (Å²) in [6.45, 7) is 0.995. The van der Waals surface area contributed by atoms with Gasteiger partial charge in [0.25, 0.3) is 0 Å². The molecule has 3 rings (SSSR count). The standard InChI is InChI=1S/C15H16N4O2.ClH/c20-8-7-16-15-18-13-6-2-1-5-12(13)14(19-15)17-10-11-4-3-9-21-11;/h1-6,9,20H,7-8,10H2,(H2,16,17,18,19);1H. The molecule has 0 spiro atoms. The third-order valence-electron chi connectivity index (χ3n) is 3.01. The molecule has 0 unspecified atom stereocenters. The highest BCUT2D eigenvalue weighted by Gasteiger charge is 2.07. The van der Waals surface area contributed by atoms with Crippen LogP contribution in [0.3, 0.4) is 0 Å². The zero-order valence-electron chi connectivity index (χ0n) is 11.8. The molecule has 0 aliphatic rings. The van der Waals surface area contributed by atoms with Gasteiger partial charge in [0.2, 0.25) is 5.95 Å². The van der Waals surface area contributed by atoms with E-state index in [2.05, 4.69) is 20.6 Å². The van der Waals surface area contributed by atoms with E-state index in [1.807, 2.05) is 36.4 Å². The Morgan fingerprint density at radius 1 is 1.05 bits per heavy atom. The number of hydrogen-bond donors (Lipinski definition) is 3. The number of anilines is 2. The van der Waals surface area contributed by atoms with Crippen molar-refractivity contribution in [1.29, 1.82) is 0 Å². The van der Waals surface area contributed by atoms with E-state index in [0.717, 1.165) is 22.5 Å². The van der Waals surface area contributed by atoms with E-state index in [1.165, 1.54) is 0 Å². The lowest BCUT2D eigenvalue weighted by molar-refractivity contribution is 0.311. The molecule has 3 N–H and O–H groups in total. The van der Waals surface area contributed by atoms with Crippen LogP contribution in [0, 0.1) is 0 Å². The smallest absolute Gasteiger partial charge is 0.225 e. The molecule has 0 atom stereocenters. The number of nitrogens with zero attached hydrogens (tertiary/aromatic N) is 2. The van der Waals surface area contributed by atoms with Gasteiger partial charge in [-0.2, -0.15) is 4.98 Å². The first-order chi connectivity index (χ1) is 10.4. The minimum Gasteiger partial charge on any atom is -0.467 e. The number of aliphatic hydroxyl groups is 1. The fourth-order valence-corrected chi connectivity index (χ4v) is 2.04. The number of rotatable bonds is 6. The number of halogens is 1. The van der Waals surface area contributed by atoms with Crippen LogP contribution in [0.25, 0.3) is 10.9 Å². The van der Waals surface area contributed by atoms with Crippen molar-refractivity contribution in [3.63, 3.8) is 0 Å². The molecule has 0 aliphatic carbocycles. The second-order valence-electron chi connectivity index (χ2n) is 4.50. The summed E-state index contributed by atoms with van der Waals surface area (Å²) < 4.78 is 5.31. The second-order valence-corrected chi connectivity index (χ2v) is 4.50. The van der Waals surface area contributed by atoms with Crippen molar-refractivity contribution in [3.8, 4) is 0 Å². The van der Waals surface area contributed by atoms with Crippen molar-refractivity contribution in [3.05, 3.63) is 48.4 Å². The van der Waals surface area contributed by atoms with Gasteiger partial charge in [-0.25, -0.2) is 4.98 Å². The first-order valence-electron chi connectivity index (χ1n) is 6.74. The summed E-state index contributed by atoms with van der Waals surface area (Å²) >= 11 is 0. The predicted molar refractivity (Wildman–Crippen MR) is 88.4 cm³/mol. The van der Waals surface area contributed by atoms with Crippen molar-refractivity contribution in [2.75, 3.05) is 23.8 Å². The Kier molecular flexibility index (Phi) is 5.57. The summed E-state index contributed by atoms with van der Waals surface area (Å²) in [7, 11) is 0. The molecule has 7 heteroatoms. The van der Waals surface area contributed by atoms with Crippen LogP contribution in [0.5, 0.6) is 0 Å². The van der Waals surface area contributed by atoms with Crippen LogP contribution in [-0.4, -0.2) is 28.2 Å². The minimum absolute atomic E-state index is 0. The highest BCUT2D eigenvalue weighted by Crippen LogP contribution is 2.22. The Hall–Kier alpha value is -2.31. The zero-order valence-corrected chi connectivity index (χ0v) is 12.6. The summed E-state index contributed by atoms with van der Waals surface area (Å²) in [6.07, 6.45) is 1.64. The molecule has 116 valence electrons. The lowest BCUT2D eigenvalue weighted by Gasteiger charge is -2.10. The van der Waals surface area contributed by atoms with Crippen LogP contribution in [0.4, 0.5) is 11.8 Å². The van der Waals surface area contributed by atoms with Gasteiger partial charge in [-0.05, 0) is 24.3 Å². The lowest BCUT2D eigenvalue weighted by atomic mass is 10.2. The summed E-state index contributed by atoms with van der Waals surface area (Å²) in [4.78, 5) is 8.87. The summed E-state index contributed by atoms with van der Waals surface area (Å²) in [5, 5.41) is 16.1. The fraction of sp³-hybridized carbons (Fsp3) is 0.200. The van der Waals surface area contributed by atoms with Gasteiger partial charge < -0.3 is 20.2 Å². The topological polar surface area (TPSA) is 83.2 Å². The van der Waals surface area contributed by atoms with E-state index in [4.69, 9.17) is 9.52 Å². The SMILES string of the molecule is Cl.OCCNc1nc(NCc2ccco2)c2ccccc2n1. The zero-order chi connectivity index (χ0) is 14.5. The van der Waals surface area contributed by atoms with Crippen LogP contribution < -0.4 is 10.6 Å². The van der Waals surface area contributed by atoms with Crippen molar-refractivity contribution < 1.29 is 9.52 Å². The van der Waals surface area contributed by atoms with Gasteiger partial charge in [0, 0.05) is 11.9 Å². The van der Waals surface area contributed by atoms with Gasteiger partial charge in [-0.1, -0.05) is 12.1 Å². The van der Waals surface area contributed by atoms with Crippen molar-refractivity contribution in [1.82, 2.24) is 9.97 Å². The molecule has 1 aromatic carbocycles. The molecule has 0 saturated heterocycles. The van der Waals surface area contributed by atoms with Gasteiger partial charge in [-0.3, -0.25) is 0 Å². The average Bonchev–Trinajstić information content (AvgIpc) is 3.04. The lowest BCUT2D eigenvalue weighted by Crippen LogP contribution is -2.10. The van der Waals surface area contributed by atoms with Crippen molar-refractivity contribution in [2.24, 2.45) is 0 Å². The second kappa shape index (κ2) is 7.63. The maximum absolute atomic E-state index is 8.89. The molecule has 2 aromatic heterocycles. The predicted octanol–water partition coefficient (Wildman–Crippen LogP) is 2.66. The number of aliphatic hydroxyl groups excluding tert-OH is 1. The van der Waals surface area contributed by atoms with Crippen LogP contribution in [-0.2, 0) is 6.54 Å². The Bertz CT molecular complexity index is 719. The first-order valence-corrected chi connectivity index (χ1v) is 6.74. The molecule has 0 amide bonds. The van der Waals surface area contributed by atoms with Crippen LogP contribution >= 0.6 is 12.4 Å². The Morgan fingerprint density at radius 2 is 1.91 bits per heavy atom. The van der Waals surface area contributed by atoms with Gasteiger partial charge in [0.05, 0.1) is 24.9 Å². The molecule has 6 nitrogen and oxygen atoms in total. The van der Waals surface area contributed by atoms with E-state index in [1.54, 1.807) is 6.26 Å². The van der Waals surface area contributed by atoms with Crippen molar-refractivity contribution in [2.45, 2.75) is 6.54 Å². The number of nitrogens with one attached hydrogen (secondary N) is 2. The van der Waals surface area contributed by atoms with Gasteiger partial charge >= 0.3 is 0 Å². The highest BCUT2D eigenvalue weighted by atomic mass is 35.5. The third-order valence-corrected chi connectivity index (χ3v) is 3.01. The quantitative estimate of drug-likeness (QED) is 0.647. The molecule has 0 radical (unpaired) electrons. The number of hydrogen-bond acceptors (Lipinski definition) is 6. The first kappa shape index (κ1) is 16.1. The summed E-state index contributed by atoms with van der Waals surface area (Å²) in [6, 6.07) is 11.5. The molecule has 2 heterocycles. The van der Waals surface area contributed by atoms with Crippen LogP contribution in [0.1, 0.15) is 5.76 Å². The Labute approximate surface area is 134 Å². The number of furan rings is 1. The number of fused-ring (bicyclic) bond motifs is 1. The molecule has 0 saturated carbocycles. The van der Waals surface area contributed by atoms with Crippen LogP contribution in [0.2, 0.25) is 0 Å².